The van der Waals surface area contributed by atoms with Crippen molar-refractivity contribution in [1.29, 1.82) is 0 Å². The summed E-state index contributed by atoms with van der Waals surface area (Å²) in [5, 5.41) is 9.37. The van der Waals surface area contributed by atoms with Crippen molar-refractivity contribution in [1.82, 2.24) is 9.88 Å². The number of hydrogen-bond donors (Lipinski definition) is 1. The maximum Gasteiger partial charge on any atom is 0.232 e. The number of rotatable bonds is 6. The SMILES string of the molecule is CN(CCOc1ncc(CO)cc1Cl)C1CC1. The van der Waals surface area contributed by atoms with Crippen LogP contribution in [0.3, 0.4) is 0 Å². The van der Waals surface area contributed by atoms with Crippen LogP contribution in [-0.4, -0.2) is 41.2 Å². The molecule has 1 aliphatic carbocycles. The van der Waals surface area contributed by atoms with Gasteiger partial charge in [0.1, 0.15) is 11.6 Å². The summed E-state index contributed by atoms with van der Waals surface area (Å²) in [6.45, 7) is 1.40. The fourth-order valence-electron chi connectivity index (χ4n) is 1.64. The van der Waals surface area contributed by atoms with Crippen LogP contribution in [0.15, 0.2) is 12.3 Å². The number of ether oxygens (including phenoxy) is 1. The van der Waals surface area contributed by atoms with E-state index in [1.807, 2.05) is 0 Å². The normalized spacial score (nSPS) is 15.3. The highest BCUT2D eigenvalue weighted by molar-refractivity contribution is 6.31. The monoisotopic (exact) mass is 256 g/mol. The van der Waals surface area contributed by atoms with Crippen molar-refractivity contribution in [3.8, 4) is 5.88 Å². The molecule has 0 bridgehead atoms. The van der Waals surface area contributed by atoms with Gasteiger partial charge >= 0.3 is 0 Å². The lowest BCUT2D eigenvalue weighted by molar-refractivity contribution is 0.226. The molecule has 94 valence electrons. The summed E-state index contributed by atoms with van der Waals surface area (Å²) >= 11 is 5.99. The lowest BCUT2D eigenvalue weighted by Crippen LogP contribution is -2.26. The Kier molecular flexibility index (Phi) is 4.20. The Morgan fingerprint density at radius 3 is 2.94 bits per heavy atom. The first-order valence-electron chi connectivity index (χ1n) is 5.79. The van der Waals surface area contributed by atoms with Gasteiger partial charge in [-0.1, -0.05) is 11.6 Å². The number of nitrogens with zero attached hydrogens (tertiary/aromatic N) is 2. The van der Waals surface area contributed by atoms with Crippen molar-refractivity contribution in [3.63, 3.8) is 0 Å². The van der Waals surface area contributed by atoms with Gasteiger partial charge in [-0.25, -0.2) is 4.98 Å². The maximum atomic E-state index is 8.92. The minimum absolute atomic E-state index is 0.0581. The molecule has 0 saturated heterocycles. The van der Waals surface area contributed by atoms with E-state index in [0.717, 1.165) is 12.6 Å². The zero-order valence-corrected chi connectivity index (χ0v) is 10.7. The van der Waals surface area contributed by atoms with Crippen molar-refractivity contribution in [2.45, 2.75) is 25.5 Å². The van der Waals surface area contributed by atoms with Crippen LogP contribution in [0.5, 0.6) is 5.88 Å². The topological polar surface area (TPSA) is 45.6 Å². The minimum atomic E-state index is -0.0581. The fraction of sp³-hybridized carbons (Fsp3) is 0.583. The molecule has 4 nitrogen and oxygen atoms in total. The van der Waals surface area contributed by atoms with Gasteiger partial charge in [-0.2, -0.15) is 0 Å². The van der Waals surface area contributed by atoms with E-state index in [1.54, 1.807) is 12.3 Å². The van der Waals surface area contributed by atoms with Gasteiger partial charge in [0.05, 0.1) is 6.61 Å². The van der Waals surface area contributed by atoms with Gasteiger partial charge in [0.25, 0.3) is 0 Å². The van der Waals surface area contributed by atoms with Crippen LogP contribution in [0, 0.1) is 0 Å². The highest BCUT2D eigenvalue weighted by Gasteiger charge is 2.25. The third kappa shape index (κ3) is 3.56. The van der Waals surface area contributed by atoms with E-state index in [9.17, 15) is 0 Å². The van der Waals surface area contributed by atoms with Gasteiger partial charge in [-0.15, -0.1) is 0 Å². The lowest BCUT2D eigenvalue weighted by atomic mass is 10.3. The molecule has 5 heteroatoms. The van der Waals surface area contributed by atoms with Crippen LogP contribution in [0.4, 0.5) is 0 Å². The Hall–Kier alpha value is -0.840. The van der Waals surface area contributed by atoms with Crippen molar-refractivity contribution in [2.75, 3.05) is 20.2 Å². The Labute approximate surface area is 106 Å². The van der Waals surface area contributed by atoms with Gasteiger partial charge < -0.3 is 14.7 Å². The molecule has 1 fully saturated rings. The van der Waals surface area contributed by atoms with E-state index in [0.29, 0.717) is 23.1 Å². The van der Waals surface area contributed by atoms with E-state index in [1.165, 1.54) is 12.8 Å². The second kappa shape index (κ2) is 5.67. The predicted octanol–water partition coefficient (Wildman–Crippen LogP) is 1.70. The van der Waals surface area contributed by atoms with Gasteiger partial charge in [-0.05, 0) is 31.5 Å². The molecule has 1 aliphatic rings. The zero-order valence-electron chi connectivity index (χ0n) is 9.90. The molecule has 1 aromatic rings. The average molecular weight is 257 g/mol. The molecular formula is C12H17ClN2O2. The van der Waals surface area contributed by atoms with Gasteiger partial charge in [0.15, 0.2) is 0 Å². The van der Waals surface area contributed by atoms with Crippen LogP contribution >= 0.6 is 11.6 Å². The van der Waals surface area contributed by atoms with E-state index in [2.05, 4.69) is 16.9 Å². The summed E-state index contributed by atoms with van der Waals surface area (Å²) in [7, 11) is 2.10. The molecule has 0 aliphatic heterocycles. The Morgan fingerprint density at radius 2 is 2.35 bits per heavy atom. The van der Waals surface area contributed by atoms with Gasteiger partial charge in [-0.3, -0.25) is 0 Å². The highest BCUT2D eigenvalue weighted by atomic mass is 35.5. The number of likely N-dealkylation sites (N-methyl/N-ethyl adjacent to an activating group) is 1. The van der Waals surface area contributed by atoms with Gasteiger partial charge in [0, 0.05) is 18.8 Å². The Balaban J connectivity index is 1.81. The average Bonchev–Trinajstić information content (AvgIpc) is 3.15. The molecule has 0 amide bonds. The molecule has 0 atom stereocenters. The second-order valence-corrected chi connectivity index (χ2v) is 4.76. The standard InChI is InChI=1S/C12H17ClN2O2/c1-15(10-2-3-10)4-5-17-12-11(13)6-9(8-16)7-14-12/h6-7,10,16H,2-5,8H2,1H3. The molecule has 1 aromatic heterocycles. The summed E-state index contributed by atoms with van der Waals surface area (Å²) in [4.78, 5) is 6.36. The van der Waals surface area contributed by atoms with Crippen LogP contribution in [0.1, 0.15) is 18.4 Å². The number of aliphatic hydroxyl groups is 1. The maximum absolute atomic E-state index is 8.92. The zero-order chi connectivity index (χ0) is 12.3. The quantitative estimate of drug-likeness (QED) is 0.842. The van der Waals surface area contributed by atoms with E-state index >= 15 is 0 Å². The van der Waals surface area contributed by atoms with E-state index in [-0.39, 0.29) is 6.61 Å². The van der Waals surface area contributed by atoms with Crippen molar-refractivity contribution in [2.24, 2.45) is 0 Å². The molecule has 1 saturated carbocycles. The van der Waals surface area contributed by atoms with Crippen LogP contribution in [-0.2, 0) is 6.61 Å². The molecule has 0 radical (unpaired) electrons. The Bertz CT molecular complexity index is 383. The first-order chi connectivity index (χ1) is 8.20. The first-order valence-corrected chi connectivity index (χ1v) is 6.17. The van der Waals surface area contributed by atoms with Crippen molar-refractivity contribution < 1.29 is 9.84 Å². The highest BCUT2D eigenvalue weighted by Crippen LogP contribution is 2.25. The molecule has 0 aromatic carbocycles. The number of aliphatic hydroxyl groups excluding tert-OH is 1. The minimum Gasteiger partial charge on any atom is -0.475 e. The molecular weight excluding hydrogens is 240 g/mol. The van der Waals surface area contributed by atoms with Crippen molar-refractivity contribution in [3.05, 3.63) is 22.8 Å². The third-order valence-electron chi connectivity index (χ3n) is 2.90. The smallest absolute Gasteiger partial charge is 0.232 e. The number of hydrogen-bond acceptors (Lipinski definition) is 4. The largest absolute Gasteiger partial charge is 0.475 e. The molecule has 2 rings (SSSR count). The number of pyridine rings is 1. The number of halogens is 1. The molecule has 0 spiro atoms. The van der Waals surface area contributed by atoms with Crippen LogP contribution < -0.4 is 4.74 Å². The molecule has 1 N–H and O–H groups in total. The van der Waals surface area contributed by atoms with E-state index < -0.39 is 0 Å². The summed E-state index contributed by atoms with van der Waals surface area (Å²) < 4.78 is 5.52. The third-order valence-corrected chi connectivity index (χ3v) is 3.17. The first kappa shape index (κ1) is 12.6. The molecule has 17 heavy (non-hydrogen) atoms. The van der Waals surface area contributed by atoms with Crippen LogP contribution in [0.2, 0.25) is 5.02 Å². The predicted molar refractivity (Wildman–Crippen MR) is 66.3 cm³/mol. The second-order valence-electron chi connectivity index (χ2n) is 4.35. The summed E-state index contributed by atoms with van der Waals surface area (Å²) in [6, 6.07) is 2.41. The fourth-order valence-corrected chi connectivity index (χ4v) is 1.89. The van der Waals surface area contributed by atoms with Crippen molar-refractivity contribution >= 4 is 11.6 Å². The van der Waals surface area contributed by atoms with Crippen LogP contribution in [0.25, 0.3) is 0 Å². The van der Waals surface area contributed by atoms with Gasteiger partial charge in [0.2, 0.25) is 5.88 Å². The summed E-state index contributed by atoms with van der Waals surface area (Å²) in [6.07, 6.45) is 4.16. The molecule has 1 heterocycles. The summed E-state index contributed by atoms with van der Waals surface area (Å²) in [5.74, 6) is 0.438. The lowest BCUT2D eigenvalue weighted by Gasteiger charge is -2.15. The summed E-state index contributed by atoms with van der Waals surface area (Å²) in [5.41, 5.74) is 0.692. The number of aromatic nitrogens is 1. The molecule has 0 unspecified atom stereocenters. The Morgan fingerprint density at radius 1 is 1.59 bits per heavy atom. The van der Waals surface area contributed by atoms with E-state index in [4.69, 9.17) is 21.4 Å².